The van der Waals surface area contributed by atoms with Gasteiger partial charge < -0.3 is 10.4 Å². The number of nitrogens with one attached hydrogen (secondary N) is 1. The summed E-state index contributed by atoms with van der Waals surface area (Å²) >= 11 is 0. The molecule has 0 saturated carbocycles. The highest BCUT2D eigenvalue weighted by Crippen LogP contribution is 2.02. The highest BCUT2D eigenvalue weighted by molar-refractivity contribution is 6.14. The van der Waals surface area contributed by atoms with Crippen LogP contribution in [-0.2, 0) is 19.2 Å². The van der Waals surface area contributed by atoms with Crippen LogP contribution in [0.2, 0.25) is 0 Å². The van der Waals surface area contributed by atoms with Crippen LogP contribution in [0.3, 0.4) is 0 Å². The number of hydrogen-bond donors (Lipinski definition) is 2. The van der Waals surface area contributed by atoms with Crippen LogP contribution in [0, 0.1) is 0 Å². The molecule has 104 valence electrons. The molecule has 0 bridgehead atoms. The van der Waals surface area contributed by atoms with Gasteiger partial charge in [0.25, 0.3) is 11.8 Å². The molecule has 0 unspecified atom stereocenters. The van der Waals surface area contributed by atoms with Gasteiger partial charge in [0.1, 0.15) is 6.54 Å². The zero-order valence-corrected chi connectivity index (χ0v) is 10.4. The predicted molar refractivity (Wildman–Crippen MR) is 65.0 cm³/mol. The van der Waals surface area contributed by atoms with E-state index in [1.54, 1.807) is 0 Å². The van der Waals surface area contributed by atoms with Crippen molar-refractivity contribution < 1.29 is 24.3 Å². The van der Waals surface area contributed by atoms with Crippen molar-refractivity contribution in [2.24, 2.45) is 0 Å². The van der Waals surface area contributed by atoms with Crippen LogP contribution in [-0.4, -0.2) is 46.8 Å². The molecule has 3 amide bonds. The molecule has 1 aliphatic heterocycles. The topological polar surface area (TPSA) is 104 Å². The zero-order valence-electron chi connectivity index (χ0n) is 10.4. The van der Waals surface area contributed by atoms with Gasteiger partial charge in [0.2, 0.25) is 5.91 Å². The maximum Gasteiger partial charge on any atom is 0.303 e. The Morgan fingerprint density at radius 1 is 1.11 bits per heavy atom. The minimum atomic E-state index is -0.831. The molecule has 1 aliphatic rings. The lowest BCUT2D eigenvalue weighted by molar-refractivity contribution is -0.141. The molecule has 0 aromatic carbocycles. The van der Waals surface area contributed by atoms with E-state index in [1.165, 1.54) is 0 Å². The number of imide groups is 1. The van der Waals surface area contributed by atoms with Crippen molar-refractivity contribution in [3.63, 3.8) is 0 Å². The van der Waals surface area contributed by atoms with Gasteiger partial charge in [-0.05, 0) is 12.8 Å². The second-order valence-electron chi connectivity index (χ2n) is 4.15. The lowest BCUT2D eigenvalue weighted by Gasteiger charge is -2.13. The number of carboxylic acids is 1. The summed E-state index contributed by atoms with van der Waals surface area (Å²) in [4.78, 5) is 44.9. The van der Waals surface area contributed by atoms with Crippen LogP contribution in [0.5, 0.6) is 0 Å². The smallest absolute Gasteiger partial charge is 0.303 e. The van der Waals surface area contributed by atoms with Crippen molar-refractivity contribution in [1.82, 2.24) is 10.2 Å². The Labute approximate surface area is 110 Å². The van der Waals surface area contributed by atoms with Crippen molar-refractivity contribution in [3.8, 4) is 0 Å². The Bertz CT molecular complexity index is 398. The molecule has 0 aromatic rings. The molecule has 0 atom stereocenters. The normalized spacial score (nSPS) is 14.0. The van der Waals surface area contributed by atoms with E-state index in [4.69, 9.17) is 5.11 Å². The Morgan fingerprint density at radius 2 is 1.74 bits per heavy atom. The van der Waals surface area contributed by atoms with E-state index in [-0.39, 0.29) is 13.0 Å². The Balaban J connectivity index is 2.10. The van der Waals surface area contributed by atoms with E-state index in [0.29, 0.717) is 25.8 Å². The van der Waals surface area contributed by atoms with Gasteiger partial charge in [-0.25, -0.2) is 0 Å². The highest BCUT2D eigenvalue weighted by atomic mass is 16.4. The first kappa shape index (κ1) is 14.9. The van der Waals surface area contributed by atoms with Gasteiger partial charge in [-0.1, -0.05) is 6.42 Å². The van der Waals surface area contributed by atoms with E-state index in [1.807, 2.05) is 0 Å². The molecule has 7 heteroatoms. The average molecular weight is 268 g/mol. The van der Waals surface area contributed by atoms with Gasteiger partial charge >= 0.3 is 5.97 Å². The highest BCUT2D eigenvalue weighted by Gasteiger charge is 2.25. The van der Waals surface area contributed by atoms with E-state index in [0.717, 1.165) is 17.1 Å². The molecule has 1 heterocycles. The number of rotatable bonds is 8. The molecular formula is C12H16N2O5. The maximum atomic E-state index is 11.5. The van der Waals surface area contributed by atoms with Gasteiger partial charge in [-0.15, -0.1) is 0 Å². The molecule has 0 aliphatic carbocycles. The van der Waals surface area contributed by atoms with Crippen LogP contribution >= 0.6 is 0 Å². The molecule has 2 N–H and O–H groups in total. The summed E-state index contributed by atoms with van der Waals surface area (Å²) in [5.41, 5.74) is 0. The summed E-state index contributed by atoms with van der Waals surface area (Å²) in [7, 11) is 0. The molecule has 0 spiro atoms. The summed E-state index contributed by atoms with van der Waals surface area (Å²) in [5, 5.41) is 11.0. The number of aliphatic carboxylic acids is 1. The number of unbranched alkanes of at least 4 members (excludes halogenated alkanes) is 2. The van der Waals surface area contributed by atoms with Crippen molar-refractivity contribution in [2.45, 2.75) is 25.7 Å². The number of hydrogen-bond acceptors (Lipinski definition) is 4. The zero-order chi connectivity index (χ0) is 14.3. The number of carbonyl (C=O) groups excluding carboxylic acids is 3. The average Bonchev–Trinajstić information content (AvgIpc) is 2.65. The first-order valence-electron chi connectivity index (χ1n) is 6.02. The third-order valence-corrected chi connectivity index (χ3v) is 2.59. The minimum absolute atomic E-state index is 0.121. The van der Waals surface area contributed by atoms with E-state index in [2.05, 4.69) is 5.32 Å². The fraction of sp³-hybridized carbons (Fsp3) is 0.500. The Kier molecular flexibility index (Phi) is 5.72. The molecule has 1 rings (SSSR count). The van der Waals surface area contributed by atoms with Crippen LogP contribution in [0.1, 0.15) is 25.7 Å². The Hall–Kier alpha value is -2.18. The molecule has 7 nitrogen and oxygen atoms in total. The molecular weight excluding hydrogens is 252 g/mol. The third-order valence-electron chi connectivity index (χ3n) is 2.59. The summed E-state index contributed by atoms with van der Waals surface area (Å²) < 4.78 is 0. The number of carbonyl (C=O) groups is 4. The van der Waals surface area contributed by atoms with E-state index < -0.39 is 23.7 Å². The van der Waals surface area contributed by atoms with Gasteiger partial charge in [0.05, 0.1) is 0 Å². The van der Waals surface area contributed by atoms with E-state index >= 15 is 0 Å². The lowest BCUT2D eigenvalue weighted by Crippen LogP contribution is -2.40. The van der Waals surface area contributed by atoms with Gasteiger partial charge in [-0.2, -0.15) is 0 Å². The minimum Gasteiger partial charge on any atom is -0.481 e. The number of nitrogens with zero attached hydrogens (tertiary/aromatic N) is 1. The number of amides is 3. The monoisotopic (exact) mass is 268 g/mol. The van der Waals surface area contributed by atoms with Crippen molar-refractivity contribution in [1.29, 1.82) is 0 Å². The second kappa shape index (κ2) is 7.30. The van der Waals surface area contributed by atoms with Crippen molar-refractivity contribution in [2.75, 3.05) is 13.1 Å². The molecule has 0 fully saturated rings. The summed E-state index contributed by atoms with van der Waals surface area (Å²) in [6.07, 6.45) is 4.31. The summed E-state index contributed by atoms with van der Waals surface area (Å²) in [5.74, 6) is -2.20. The standard InChI is InChI=1S/C12H16N2O5/c15-9(8-14-10(16)5-6-11(14)17)13-7-3-1-2-4-12(18)19/h5-6H,1-4,7-8H2,(H,13,15)(H,18,19). The molecule has 19 heavy (non-hydrogen) atoms. The second-order valence-corrected chi connectivity index (χ2v) is 4.15. The largest absolute Gasteiger partial charge is 0.481 e. The number of carboxylic acid groups (broad SMARTS) is 1. The van der Waals surface area contributed by atoms with Crippen LogP contribution in [0.4, 0.5) is 0 Å². The van der Waals surface area contributed by atoms with Gasteiger partial charge in [0, 0.05) is 25.1 Å². The first-order valence-corrected chi connectivity index (χ1v) is 6.02. The van der Waals surface area contributed by atoms with Gasteiger partial charge in [0.15, 0.2) is 0 Å². The quantitative estimate of drug-likeness (QED) is 0.463. The van der Waals surface area contributed by atoms with Crippen molar-refractivity contribution >= 4 is 23.7 Å². The van der Waals surface area contributed by atoms with Crippen LogP contribution < -0.4 is 5.32 Å². The lowest BCUT2D eigenvalue weighted by atomic mass is 10.2. The third kappa shape index (κ3) is 5.33. The SMILES string of the molecule is O=C(O)CCCCCNC(=O)CN1C(=O)C=CC1=O. The fourth-order valence-corrected chi connectivity index (χ4v) is 1.59. The van der Waals surface area contributed by atoms with Crippen molar-refractivity contribution in [3.05, 3.63) is 12.2 Å². The fourth-order valence-electron chi connectivity index (χ4n) is 1.59. The molecule has 0 radical (unpaired) electrons. The summed E-state index contributed by atoms with van der Waals surface area (Å²) in [6.45, 7) is 0.127. The van der Waals surface area contributed by atoms with E-state index in [9.17, 15) is 19.2 Å². The predicted octanol–water partition coefficient (Wildman–Crippen LogP) is -0.327. The Morgan fingerprint density at radius 3 is 2.32 bits per heavy atom. The summed E-state index contributed by atoms with van der Waals surface area (Å²) in [6, 6.07) is 0. The molecule has 0 saturated heterocycles. The van der Waals surface area contributed by atoms with Gasteiger partial charge in [-0.3, -0.25) is 24.1 Å². The first-order chi connectivity index (χ1) is 9.00. The van der Waals surface area contributed by atoms with Crippen LogP contribution in [0.25, 0.3) is 0 Å². The maximum absolute atomic E-state index is 11.5. The van der Waals surface area contributed by atoms with Crippen LogP contribution in [0.15, 0.2) is 12.2 Å². The molecule has 0 aromatic heterocycles.